The van der Waals surface area contributed by atoms with E-state index in [4.69, 9.17) is 4.74 Å². The Bertz CT molecular complexity index is 1090. The second-order valence-electron chi connectivity index (χ2n) is 11.6. The minimum Gasteiger partial charge on any atom is -0.488 e. The number of anilines is 1. The van der Waals surface area contributed by atoms with E-state index >= 15 is 0 Å². The van der Waals surface area contributed by atoms with Gasteiger partial charge in [-0.2, -0.15) is 0 Å². The number of hydrogen-bond donors (Lipinski definition) is 2. The second-order valence-corrected chi connectivity index (χ2v) is 11.6. The molecule has 0 bridgehead atoms. The number of rotatable bonds is 9. The Labute approximate surface area is 233 Å². The third-order valence-electron chi connectivity index (χ3n) is 8.19. The van der Waals surface area contributed by atoms with Crippen LogP contribution in [0.1, 0.15) is 57.1 Å². The van der Waals surface area contributed by atoms with E-state index in [2.05, 4.69) is 24.2 Å². The number of hydrogen-bond acceptors (Lipinski definition) is 5. The van der Waals surface area contributed by atoms with Crippen LogP contribution >= 0.6 is 0 Å². The minimum atomic E-state index is -0.282. The van der Waals surface area contributed by atoms with Gasteiger partial charge in [-0.1, -0.05) is 56.5 Å². The topological polar surface area (TPSA) is 82.1 Å². The predicted molar refractivity (Wildman–Crippen MR) is 155 cm³/mol. The molecule has 0 unspecified atom stereocenters. The van der Waals surface area contributed by atoms with Crippen molar-refractivity contribution in [3.05, 3.63) is 59.7 Å². The van der Waals surface area contributed by atoms with Gasteiger partial charge in [-0.25, -0.2) is 0 Å². The Morgan fingerprint density at radius 1 is 1.13 bits per heavy atom. The molecule has 2 aromatic carbocycles. The third-order valence-corrected chi connectivity index (χ3v) is 8.19. The zero-order valence-corrected chi connectivity index (χ0v) is 23.8. The first-order valence-corrected chi connectivity index (χ1v) is 14.5. The van der Waals surface area contributed by atoms with Crippen LogP contribution in [-0.4, -0.2) is 72.2 Å². The number of carbonyl (C=O) groups is 2. The van der Waals surface area contributed by atoms with Crippen LogP contribution in [0.25, 0.3) is 0 Å². The molecular weight excluding hydrogens is 490 g/mol. The van der Waals surface area contributed by atoms with E-state index in [1.165, 1.54) is 32.1 Å². The molecule has 0 saturated heterocycles. The smallest absolute Gasteiger partial charge is 0.228 e. The quantitative estimate of drug-likeness (QED) is 0.493. The van der Waals surface area contributed by atoms with Crippen molar-refractivity contribution in [2.24, 2.45) is 11.8 Å². The number of likely N-dealkylation sites (N-methyl/N-ethyl adjacent to an activating group) is 1. The van der Waals surface area contributed by atoms with Gasteiger partial charge in [-0.15, -0.1) is 0 Å². The van der Waals surface area contributed by atoms with Gasteiger partial charge in [0.05, 0.1) is 25.5 Å². The molecule has 0 spiro atoms. The van der Waals surface area contributed by atoms with Gasteiger partial charge in [0.25, 0.3) is 0 Å². The van der Waals surface area contributed by atoms with E-state index in [-0.39, 0.29) is 49.3 Å². The highest BCUT2D eigenvalue weighted by Crippen LogP contribution is 2.30. The zero-order valence-electron chi connectivity index (χ0n) is 23.8. The molecule has 1 heterocycles. The summed E-state index contributed by atoms with van der Waals surface area (Å²) in [5.74, 6) is 1.34. The molecular formula is C32H45N3O4. The van der Waals surface area contributed by atoms with Crippen LogP contribution in [0.15, 0.2) is 48.5 Å². The molecule has 2 aromatic rings. The molecule has 2 N–H and O–H groups in total. The molecule has 39 heavy (non-hydrogen) atoms. The van der Waals surface area contributed by atoms with Gasteiger partial charge in [-0.3, -0.25) is 9.59 Å². The van der Waals surface area contributed by atoms with Crippen LogP contribution in [0.3, 0.4) is 0 Å². The van der Waals surface area contributed by atoms with Gasteiger partial charge in [0.1, 0.15) is 11.9 Å². The Kier molecular flexibility index (Phi) is 10.4. The van der Waals surface area contributed by atoms with Gasteiger partial charge in [-0.05, 0) is 56.5 Å². The van der Waals surface area contributed by atoms with Crippen molar-refractivity contribution >= 4 is 17.5 Å². The van der Waals surface area contributed by atoms with Crippen molar-refractivity contribution < 1.29 is 19.4 Å². The lowest BCUT2D eigenvalue weighted by Crippen LogP contribution is -2.48. The lowest BCUT2D eigenvalue weighted by atomic mass is 9.89. The second kappa shape index (κ2) is 13.9. The monoisotopic (exact) mass is 535 g/mol. The molecule has 212 valence electrons. The summed E-state index contributed by atoms with van der Waals surface area (Å²) in [5.41, 5.74) is 2.34. The first-order chi connectivity index (χ1) is 18.8. The molecule has 3 atom stereocenters. The molecule has 1 aliphatic carbocycles. The fourth-order valence-electron chi connectivity index (χ4n) is 5.90. The highest BCUT2D eigenvalue weighted by molar-refractivity contribution is 5.92. The average molecular weight is 536 g/mol. The molecule has 1 fully saturated rings. The summed E-state index contributed by atoms with van der Waals surface area (Å²) in [5, 5.41) is 12.9. The van der Waals surface area contributed by atoms with Gasteiger partial charge in [0, 0.05) is 36.8 Å². The van der Waals surface area contributed by atoms with Crippen LogP contribution in [-0.2, 0) is 22.4 Å². The Morgan fingerprint density at radius 2 is 1.87 bits per heavy atom. The molecule has 2 amide bonds. The molecule has 7 nitrogen and oxygen atoms in total. The maximum absolute atomic E-state index is 13.5. The van der Waals surface area contributed by atoms with E-state index in [1.807, 2.05) is 55.5 Å². The number of benzene rings is 2. The van der Waals surface area contributed by atoms with Gasteiger partial charge in [0.15, 0.2) is 0 Å². The lowest BCUT2D eigenvalue weighted by molar-refractivity contribution is -0.134. The van der Waals surface area contributed by atoms with Gasteiger partial charge < -0.3 is 25.0 Å². The number of aliphatic hydroxyl groups excluding tert-OH is 1. The maximum atomic E-state index is 13.5. The van der Waals surface area contributed by atoms with Crippen molar-refractivity contribution in [3.63, 3.8) is 0 Å². The summed E-state index contributed by atoms with van der Waals surface area (Å²) in [6.07, 6.45) is 6.90. The summed E-state index contributed by atoms with van der Waals surface area (Å²) in [6.45, 7) is 6.27. The first-order valence-electron chi connectivity index (χ1n) is 14.5. The predicted octanol–water partition coefficient (Wildman–Crippen LogP) is 4.53. The van der Waals surface area contributed by atoms with Crippen molar-refractivity contribution in [2.45, 2.75) is 70.9 Å². The van der Waals surface area contributed by atoms with E-state index in [0.717, 1.165) is 30.1 Å². The number of aliphatic hydroxyl groups is 1. The minimum absolute atomic E-state index is 0.0442. The van der Waals surface area contributed by atoms with E-state index in [9.17, 15) is 14.7 Å². The van der Waals surface area contributed by atoms with Crippen molar-refractivity contribution in [2.75, 3.05) is 38.6 Å². The van der Waals surface area contributed by atoms with Crippen LogP contribution in [0.4, 0.5) is 5.69 Å². The van der Waals surface area contributed by atoms with Crippen molar-refractivity contribution in [1.82, 2.24) is 9.80 Å². The van der Waals surface area contributed by atoms with Gasteiger partial charge >= 0.3 is 0 Å². The number of fused-ring (bicyclic) bond motifs is 1. The third kappa shape index (κ3) is 8.29. The zero-order chi connectivity index (χ0) is 27.8. The molecule has 1 saturated carbocycles. The molecule has 0 aromatic heterocycles. The standard InChI is InChI=1S/C32H45N3O4/c1-23-19-35(24(2)22-36)32(38)18-27-17-28(33-31(37)16-25-10-6-4-7-11-25)14-15-29(27)39-30(23)21-34(3)20-26-12-8-5-9-13-26/h4,6-7,10-11,14-15,17,23-24,26,30,36H,5,8-9,12-13,16,18-22H2,1-3H3,(H,33,37)/t23-,24+,30-/m0/s1. The molecule has 4 rings (SSSR count). The largest absolute Gasteiger partial charge is 0.488 e. The highest BCUT2D eigenvalue weighted by Gasteiger charge is 2.31. The number of ether oxygens (including phenoxy) is 1. The fourth-order valence-corrected chi connectivity index (χ4v) is 5.90. The average Bonchev–Trinajstić information content (AvgIpc) is 2.97. The summed E-state index contributed by atoms with van der Waals surface area (Å²) >= 11 is 0. The highest BCUT2D eigenvalue weighted by atomic mass is 16.5. The number of carbonyl (C=O) groups excluding carboxylic acids is 2. The summed E-state index contributed by atoms with van der Waals surface area (Å²) in [6, 6.07) is 14.9. The summed E-state index contributed by atoms with van der Waals surface area (Å²) < 4.78 is 6.66. The number of nitrogens with zero attached hydrogens (tertiary/aromatic N) is 2. The maximum Gasteiger partial charge on any atom is 0.228 e. The van der Waals surface area contributed by atoms with E-state index < -0.39 is 0 Å². The number of nitrogens with one attached hydrogen (secondary N) is 1. The number of amides is 2. The lowest BCUT2D eigenvalue weighted by Gasteiger charge is -2.35. The normalized spacial score (nSPS) is 21.4. The van der Waals surface area contributed by atoms with E-state index in [1.54, 1.807) is 4.90 Å². The van der Waals surface area contributed by atoms with Crippen LogP contribution < -0.4 is 10.1 Å². The molecule has 2 aliphatic rings. The SMILES string of the molecule is C[C@H](CO)N1C[C@H](C)[C@H](CN(C)CC2CCCCC2)Oc2ccc(NC(=O)Cc3ccccc3)cc2CC1=O. The van der Waals surface area contributed by atoms with Crippen LogP contribution in [0, 0.1) is 11.8 Å². The Hall–Kier alpha value is -2.90. The molecule has 0 radical (unpaired) electrons. The molecule has 7 heteroatoms. The fraction of sp³-hybridized carbons (Fsp3) is 0.562. The summed E-state index contributed by atoms with van der Waals surface area (Å²) in [4.78, 5) is 30.3. The van der Waals surface area contributed by atoms with Gasteiger partial charge in [0.2, 0.25) is 11.8 Å². The molecule has 1 aliphatic heterocycles. The van der Waals surface area contributed by atoms with Crippen LogP contribution in [0.2, 0.25) is 0 Å². The van der Waals surface area contributed by atoms with E-state index in [0.29, 0.717) is 18.0 Å². The van der Waals surface area contributed by atoms with Crippen molar-refractivity contribution in [1.29, 1.82) is 0 Å². The van der Waals surface area contributed by atoms with Crippen LogP contribution in [0.5, 0.6) is 5.75 Å². The Morgan fingerprint density at radius 3 is 2.59 bits per heavy atom. The summed E-state index contributed by atoms with van der Waals surface area (Å²) in [7, 11) is 2.17. The van der Waals surface area contributed by atoms with Crippen molar-refractivity contribution in [3.8, 4) is 5.75 Å². The first kappa shape index (κ1) is 29.1. The Balaban J connectivity index is 1.53.